The van der Waals surface area contributed by atoms with E-state index < -0.39 is 0 Å². The largest absolute Gasteiger partial charge is 0.490 e. The number of hydrogen-bond donors (Lipinski definition) is 0. The van der Waals surface area contributed by atoms with Crippen LogP contribution in [0, 0.1) is 11.3 Å². The van der Waals surface area contributed by atoms with E-state index in [4.69, 9.17) is 4.74 Å². The standard InChI is InChI=1S/C25H25N3O2/c1-27-23-15-20(30-19-7-8-19)9-10-21(23)24(22(16-26)25(27)29)28-13-11-18(12-14-28)17-5-3-2-4-6-17/h2-6,9-10,15,18-19H,7-8,11-14H2,1H3. The van der Waals surface area contributed by atoms with Gasteiger partial charge in [0.1, 0.15) is 17.4 Å². The van der Waals surface area contributed by atoms with Crippen LogP contribution >= 0.6 is 0 Å². The monoisotopic (exact) mass is 399 g/mol. The number of ether oxygens (including phenoxy) is 1. The first-order valence-electron chi connectivity index (χ1n) is 10.7. The molecule has 30 heavy (non-hydrogen) atoms. The number of aryl methyl sites for hydroxylation is 1. The smallest absolute Gasteiger partial charge is 0.270 e. The third kappa shape index (κ3) is 3.33. The fourth-order valence-electron chi connectivity index (χ4n) is 4.54. The Balaban J connectivity index is 1.52. The van der Waals surface area contributed by atoms with E-state index in [1.54, 1.807) is 11.6 Å². The SMILES string of the molecule is Cn1c(=O)c(C#N)c(N2CCC(c3ccccc3)CC2)c2ccc(OC3CC3)cc21. The van der Waals surface area contributed by atoms with Gasteiger partial charge in [0.25, 0.3) is 5.56 Å². The molecule has 0 N–H and O–H groups in total. The minimum atomic E-state index is -0.242. The summed E-state index contributed by atoms with van der Waals surface area (Å²) < 4.78 is 7.52. The lowest BCUT2D eigenvalue weighted by Crippen LogP contribution is -2.35. The number of fused-ring (bicyclic) bond motifs is 1. The molecule has 2 heterocycles. The van der Waals surface area contributed by atoms with Gasteiger partial charge in [0.15, 0.2) is 0 Å². The number of nitrogens with zero attached hydrogens (tertiary/aromatic N) is 3. The average molecular weight is 399 g/mol. The predicted octanol–water partition coefficient (Wildman–Crippen LogP) is 4.34. The van der Waals surface area contributed by atoms with Crippen LogP contribution in [0.25, 0.3) is 10.9 Å². The first-order chi connectivity index (χ1) is 14.7. The molecular formula is C25H25N3O2. The molecular weight excluding hydrogens is 374 g/mol. The molecule has 2 fully saturated rings. The molecule has 152 valence electrons. The van der Waals surface area contributed by atoms with Crippen LogP contribution in [0.5, 0.6) is 5.75 Å². The van der Waals surface area contributed by atoms with Gasteiger partial charge >= 0.3 is 0 Å². The van der Waals surface area contributed by atoms with Crippen molar-refractivity contribution in [1.29, 1.82) is 5.26 Å². The fraction of sp³-hybridized carbons (Fsp3) is 0.360. The van der Waals surface area contributed by atoms with Gasteiger partial charge in [-0.05, 0) is 49.3 Å². The molecule has 5 heteroatoms. The minimum absolute atomic E-state index is 0.235. The first-order valence-corrected chi connectivity index (χ1v) is 10.7. The molecule has 1 aromatic heterocycles. The molecule has 1 saturated heterocycles. The molecule has 2 aliphatic rings. The quantitative estimate of drug-likeness (QED) is 0.655. The third-order valence-corrected chi connectivity index (χ3v) is 6.36. The molecule has 0 unspecified atom stereocenters. The van der Waals surface area contributed by atoms with Gasteiger partial charge in [0, 0.05) is 31.6 Å². The number of pyridine rings is 1. The third-order valence-electron chi connectivity index (χ3n) is 6.36. The summed E-state index contributed by atoms with van der Waals surface area (Å²) in [5.41, 5.74) is 2.96. The zero-order valence-corrected chi connectivity index (χ0v) is 17.2. The summed E-state index contributed by atoms with van der Waals surface area (Å²) in [5, 5.41) is 10.8. The highest BCUT2D eigenvalue weighted by atomic mass is 16.5. The van der Waals surface area contributed by atoms with Crippen molar-refractivity contribution in [1.82, 2.24) is 4.57 Å². The van der Waals surface area contributed by atoms with Gasteiger partial charge in [-0.15, -0.1) is 0 Å². The van der Waals surface area contributed by atoms with Crippen molar-refractivity contribution in [2.24, 2.45) is 7.05 Å². The Morgan fingerprint density at radius 1 is 1.03 bits per heavy atom. The number of nitriles is 1. The van der Waals surface area contributed by atoms with Crippen LogP contribution in [0.1, 0.15) is 42.7 Å². The van der Waals surface area contributed by atoms with E-state index in [0.29, 0.717) is 12.0 Å². The Kier molecular flexibility index (Phi) is 4.71. The maximum atomic E-state index is 13.0. The minimum Gasteiger partial charge on any atom is -0.490 e. The van der Waals surface area contributed by atoms with Crippen molar-refractivity contribution in [3.8, 4) is 11.8 Å². The van der Waals surface area contributed by atoms with Crippen molar-refractivity contribution >= 4 is 16.6 Å². The number of aromatic nitrogens is 1. The van der Waals surface area contributed by atoms with Crippen LogP contribution in [0.3, 0.4) is 0 Å². The summed E-state index contributed by atoms with van der Waals surface area (Å²) in [6.45, 7) is 1.66. The van der Waals surface area contributed by atoms with E-state index in [2.05, 4.69) is 35.2 Å². The topological polar surface area (TPSA) is 58.3 Å². The van der Waals surface area contributed by atoms with Crippen molar-refractivity contribution in [2.45, 2.75) is 37.7 Å². The summed E-state index contributed by atoms with van der Waals surface area (Å²) >= 11 is 0. The molecule has 5 rings (SSSR count). The second kappa shape index (κ2) is 7.53. The van der Waals surface area contributed by atoms with Gasteiger partial charge in [-0.3, -0.25) is 4.79 Å². The first kappa shape index (κ1) is 18.7. The van der Waals surface area contributed by atoms with E-state index in [1.165, 1.54) is 5.56 Å². The Labute approximate surface area is 176 Å². The molecule has 0 atom stereocenters. The summed E-state index contributed by atoms with van der Waals surface area (Å²) in [7, 11) is 1.73. The zero-order valence-electron chi connectivity index (χ0n) is 17.2. The molecule has 0 radical (unpaired) electrons. The molecule has 2 aromatic carbocycles. The van der Waals surface area contributed by atoms with Crippen LogP contribution in [0.15, 0.2) is 53.3 Å². The summed E-state index contributed by atoms with van der Waals surface area (Å²) in [4.78, 5) is 15.2. The van der Waals surface area contributed by atoms with Crippen molar-refractivity contribution in [3.63, 3.8) is 0 Å². The van der Waals surface area contributed by atoms with E-state index in [-0.39, 0.29) is 11.1 Å². The van der Waals surface area contributed by atoms with Crippen LogP contribution in [0.4, 0.5) is 5.69 Å². The van der Waals surface area contributed by atoms with Crippen LogP contribution in [-0.2, 0) is 7.05 Å². The summed E-state index contributed by atoms with van der Waals surface area (Å²) in [5.74, 6) is 1.31. The lowest BCUT2D eigenvalue weighted by atomic mass is 9.89. The van der Waals surface area contributed by atoms with E-state index in [1.807, 2.05) is 24.3 Å². The molecule has 5 nitrogen and oxygen atoms in total. The Morgan fingerprint density at radius 3 is 2.43 bits per heavy atom. The fourth-order valence-corrected chi connectivity index (χ4v) is 4.54. The maximum absolute atomic E-state index is 13.0. The number of benzene rings is 2. The van der Waals surface area contributed by atoms with Crippen LogP contribution < -0.4 is 15.2 Å². The molecule has 1 aliphatic heterocycles. The predicted molar refractivity (Wildman–Crippen MR) is 118 cm³/mol. The van der Waals surface area contributed by atoms with E-state index >= 15 is 0 Å². The van der Waals surface area contributed by atoms with Crippen LogP contribution in [0.2, 0.25) is 0 Å². The van der Waals surface area contributed by atoms with Crippen LogP contribution in [-0.4, -0.2) is 23.8 Å². The Bertz CT molecular complexity index is 1180. The normalized spacial score (nSPS) is 17.1. The second-order valence-corrected chi connectivity index (χ2v) is 8.37. The summed E-state index contributed by atoms with van der Waals surface area (Å²) in [6.07, 6.45) is 4.50. The van der Waals surface area contributed by atoms with Crippen molar-refractivity contribution in [2.75, 3.05) is 18.0 Å². The van der Waals surface area contributed by atoms with Crippen molar-refractivity contribution in [3.05, 3.63) is 70.0 Å². The number of anilines is 1. The maximum Gasteiger partial charge on any atom is 0.270 e. The second-order valence-electron chi connectivity index (χ2n) is 8.37. The lowest BCUT2D eigenvalue weighted by molar-refractivity contribution is 0.303. The van der Waals surface area contributed by atoms with Gasteiger partial charge in [-0.1, -0.05) is 30.3 Å². The van der Waals surface area contributed by atoms with E-state index in [9.17, 15) is 10.1 Å². The molecule has 1 saturated carbocycles. The van der Waals surface area contributed by atoms with Gasteiger partial charge in [0.05, 0.1) is 17.3 Å². The highest BCUT2D eigenvalue weighted by molar-refractivity contribution is 5.95. The van der Waals surface area contributed by atoms with Gasteiger partial charge < -0.3 is 14.2 Å². The molecule has 0 spiro atoms. The molecule has 3 aromatic rings. The van der Waals surface area contributed by atoms with Gasteiger partial charge in [-0.25, -0.2) is 0 Å². The van der Waals surface area contributed by atoms with Gasteiger partial charge in [0.2, 0.25) is 0 Å². The number of rotatable bonds is 4. The lowest BCUT2D eigenvalue weighted by Gasteiger charge is -2.35. The highest BCUT2D eigenvalue weighted by Crippen LogP contribution is 2.36. The number of hydrogen-bond acceptors (Lipinski definition) is 4. The Hall–Kier alpha value is -3.26. The summed E-state index contributed by atoms with van der Waals surface area (Å²) in [6, 6.07) is 18.7. The molecule has 0 bridgehead atoms. The molecule has 0 amide bonds. The highest BCUT2D eigenvalue weighted by Gasteiger charge is 2.27. The zero-order chi connectivity index (χ0) is 20.7. The van der Waals surface area contributed by atoms with E-state index in [0.717, 1.165) is 61.1 Å². The van der Waals surface area contributed by atoms with Gasteiger partial charge in [-0.2, -0.15) is 5.26 Å². The Morgan fingerprint density at radius 2 is 1.77 bits per heavy atom. The van der Waals surface area contributed by atoms with Crippen molar-refractivity contribution < 1.29 is 4.74 Å². The number of piperidine rings is 1. The average Bonchev–Trinajstić information content (AvgIpc) is 3.61. The molecule has 1 aliphatic carbocycles.